The van der Waals surface area contributed by atoms with Crippen molar-refractivity contribution in [3.8, 4) is 17.1 Å². The molecular formula is C20H24N2O3. The minimum absolute atomic E-state index is 0.216. The zero-order valence-corrected chi connectivity index (χ0v) is 14.6. The summed E-state index contributed by atoms with van der Waals surface area (Å²) in [5, 5.41) is 0. The van der Waals surface area contributed by atoms with E-state index in [1.807, 2.05) is 30.3 Å². The summed E-state index contributed by atoms with van der Waals surface area (Å²) in [6.45, 7) is 3.39. The highest BCUT2D eigenvalue weighted by molar-refractivity contribution is 5.60. The van der Waals surface area contributed by atoms with Crippen molar-refractivity contribution in [1.29, 1.82) is 0 Å². The molecule has 1 unspecified atom stereocenters. The van der Waals surface area contributed by atoms with Gasteiger partial charge in [0.25, 0.3) is 0 Å². The van der Waals surface area contributed by atoms with Crippen molar-refractivity contribution in [2.45, 2.75) is 25.2 Å². The van der Waals surface area contributed by atoms with Crippen LogP contribution in [0.5, 0.6) is 5.88 Å². The second kappa shape index (κ2) is 7.52. The van der Waals surface area contributed by atoms with Gasteiger partial charge in [-0.1, -0.05) is 24.3 Å². The number of rotatable bonds is 4. The second-order valence-electron chi connectivity index (χ2n) is 6.70. The predicted octanol–water partition coefficient (Wildman–Crippen LogP) is 3.27. The Kier molecular flexibility index (Phi) is 4.97. The summed E-state index contributed by atoms with van der Waals surface area (Å²) in [5.74, 6) is 0.691. The van der Waals surface area contributed by atoms with E-state index < -0.39 is 0 Å². The molecule has 1 aromatic heterocycles. The summed E-state index contributed by atoms with van der Waals surface area (Å²) < 4.78 is 17.3. The van der Waals surface area contributed by atoms with Gasteiger partial charge >= 0.3 is 0 Å². The number of likely N-dealkylation sites (N-methyl/N-ethyl adjacent to an activating group) is 1. The average Bonchev–Trinajstić information content (AvgIpc) is 3.17. The first-order chi connectivity index (χ1) is 12.3. The number of pyridine rings is 1. The predicted molar refractivity (Wildman–Crippen MR) is 95.5 cm³/mol. The minimum atomic E-state index is -0.267. The van der Waals surface area contributed by atoms with Crippen molar-refractivity contribution >= 4 is 0 Å². The number of ether oxygens (including phenoxy) is 3. The molecule has 5 nitrogen and oxygen atoms in total. The molecule has 0 aliphatic carbocycles. The van der Waals surface area contributed by atoms with Gasteiger partial charge in [-0.3, -0.25) is 0 Å². The lowest BCUT2D eigenvalue weighted by molar-refractivity contribution is -0.0440. The van der Waals surface area contributed by atoms with Crippen LogP contribution in [0.2, 0.25) is 0 Å². The first kappa shape index (κ1) is 16.5. The van der Waals surface area contributed by atoms with E-state index in [0.29, 0.717) is 19.1 Å². The zero-order valence-electron chi connectivity index (χ0n) is 14.6. The summed E-state index contributed by atoms with van der Waals surface area (Å²) in [7, 11) is 2.14. The molecule has 3 heterocycles. The van der Waals surface area contributed by atoms with E-state index in [9.17, 15) is 0 Å². The normalized spacial score (nSPS) is 22.2. The highest BCUT2D eigenvalue weighted by atomic mass is 16.7. The highest BCUT2D eigenvalue weighted by Gasteiger charge is 2.20. The van der Waals surface area contributed by atoms with Gasteiger partial charge in [0, 0.05) is 23.7 Å². The summed E-state index contributed by atoms with van der Waals surface area (Å²) >= 11 is 0. The Morgan fingerprint density at radius 2 is 1.96 bits per heavy atom. The van der Waals surface area contributed by atoms with Crippen LogP contribution in [0, 0.1) is 0 Å². The Morgan fingerprint density at radius 1 is 1.12 bits per heavy atom. The summed E-state index contributed by atoms with van der Waals surface area (Å²) in [5.41, 5.74) is 2.97. The third-order valence-electron chi connectivity index (χ3n) is 4.67. The monoisotopic (exact) mass is 340 g/mol. The quantitative estimate of drug-likeness (QED) is 0.855. The fourth-order valence-electron chi connectivity index (χ4n) is 3.42. The van der Waals surface area contributed by atoms with E-state index in [4.69, 9.17) is 19.2 Å². The Bertz CT molecular complexity index is 716. The van der Waals surface area contributed by atoms with Crippen LogP contribution in [0.15, 0.2) is 42.5 Å². The maximum absolute atomic E-state index is 6.12. The SMILES string of the molecule is CN1CCCC(Oc2cccc(-c3cccc(C4OCCO4)c3)n2)C1. The van der Waals surface area contributed by atoms with Crippen molar-refractivity contribution in [1.82, 2.24) is 9.88 Å². The molecule has 1 aromatic carbocycles. The van der Waals surface area contributed by atoms with Crippen LogP contribution in [-0.2, 0) is 9.47 Å². The number of likely N-dealkylation sites (tertiary alicyclic amines) is 1. The van der Waals surface area contributed by atoms with Gasteiger partial charge in [-0.2, -0.15) is 0 Å². The molecule has 0 N–H and O–H groups in total. The Labute approximate surface area is 148 Å². The molecule has 4 rings (SSSR count). The molecule has 0 amide bonds. The Balaban J connectivity index is 1.52. The lowest BCUT2D eigenvalue weighted by Crippen LogP contribution is -2.38. The van der Waals surface area contributed by atoms with Crippen LogP contribution in [0.25, 0.3) is 11.3 Å². The molecule has 2 aliphatic rings. The average molecular weight is 340 g/mol. The van der Waals surface area contributed by atoms with Crippen molar-refractivity contribution in [3.63, 3.8) is 0 Å². The van der Waals surface area contributed by atoms with Crippen LogP contribution in [0.4, 0.5) is 0 Å². The van der Waals surface area contributed by atoms with Crippen molar-refractivity contribution in [3.05, 3.63) is 48.0 Å². The first-order valence-corrected chi connectivity index (χ1v) is 8.94. The van der Waals surface area contributed by atoms with Crippen molar-refractivity contribution in [2.24, 2.45) is 0 Å². The Morgan fingerprint density at radius 3 is 2.80 bits per heavy atom. The van der Waals surface area contributed by atoms with E-state index in [2.05, 4.69) is 24.1 Å². The number of aromatic nitrogens is 1. The fourth-order valence-corrected chi connectivity index (χ4v) is 3.42. The summed E-state index contributed by atoms with van der Waals surface area (Å²) in [4.78, 5) is 7.02. The lowest BCUT2D eigenvalue weighted by Gasteiger charge is -2.29. The van der Waals surface area contributed by atoms with E-state index in [0.717, 1.165) is 36.3 Å². The van der Waals surface area contributed by atoms with Crippen LogP contribution in [0.3, 0.4) is 0 Å². The fraction of sp³-hybridized carbons (Fsp3) is 0.450. The van der Waals surface area contributed by atoms with Crippen molar-refractivity contribution < 1.29 is 14.2 Å². The summed E-state index contributed by atoms with van der Waals surface area (Å²) in [6, 6.07) is 14.1. The number of benzene rings is 1. The standard InChI is InChI=1S/C20H24N2O3/c1-22-10-4-7-17(14-22)25-19-9-3-8-18(21-19)15-5-2-6-16(13-15)20-23-11-12-24-20/h2-3,5-6,8-9,13,17,20H,4,7,10-12,14H2,1H3. The third-order valence-corrected chi connectivity index (χ3v) is 4.67. The van der Waals surface area contributed by atoms with Gasteiger partial charge < -0.3 is 19.1 Å². The molecule has 2 aromatic rings. The number of piperidine rings is 1. The third kappa shape index (κ3) is 4.00. The Hall–Kier alpha value is -1.95. The highest BCUT2D eigenvalue weighted by Crippen LogP contribution is 2.28. The van der Waals surface area contributed by atoms with E-state index in [-0.39, 0.29) is 12.4 Å². The van der Waals surface area contributed by atoms with Crippen LogP contribution < -0.4 is 4.74 Å². The zero-order chi connectivity index (χ0) is 17.1. The van der Waals surface area contributed by atoms with Crippen molar-refractivity contribution in [2.75, 3.05) is 33.4 Å². The maximum Gasteiger partial charge on any atom is 0.214 e. The molecule has 2 saturated heterocycles. The van der Waals surface area contributed by atoms with Gasteiger partial charge in [0.05, 0.1) is 18.9 Å². The van der Waals surface area contributed by atoms with Gasteiger partial charge in [0.15, 0.2) is 6.29 Å². The molecule has 0 radical (unpaired) electrons. The van der Waals surface area contributed by atoms with Crippen LogP contribution in [0.1, 0.15) is 24.7 Å². The smallest absolute Gasteiger partial charge is 0.214 e. The van der Waals surface area contributed by atoms with Gasteiger partial charge in [-0.25, -0.2) is 4.98 Å². The molecule has 0 saturated carbocycles. The topological polar surface area (TPSA) is 43.8 Å². The second-order valence-corrected chi connectivity index (χ2v) is 6.70. The van der Waals surface area contributed by atoms with E-state index >= 15 is 0 Å². The molecule has 1 atom stereocenters. The molecule has 25 heavy (non-hydrogen) atoms. The first-order valence-electron chi connectivity index (χ1n) is 8.94. The van der Waals surface area contributed by atoms with Gasteiger partial charge in [-0.05, 0) is 38.6 Å². The largest absolute Gasteiger partial charge is 0.473 e. The number of nitrogens with zero attached hydrogens (tertiary/aromatic N) is 2. The number of hydrogen-bond acceptors (Lipinski definition) is 5. The molecule has 0 spiro atoms. The lowest BCUT2D eigenvalue weighted by atomic mass is 10.1. The molecular weight excluding hydrogens is 316 g/mol. The van der Waals surface area contributed by atoms with E-state index in [1.54, 1.807) is 0 Å². The molecule has 2 aliphatic heterocycles. The van der Waals surface area contributed by atoms with Crippen LogP contribution in [-0.4, -0.2) is 49.3 Å². The molecule has 0 bridgehead atoms. The molecule has 5 heteroatoms. The van der Waals surface area contributed by atoms with E-state index in [1.165, 1.54) is 6.42 Å². The number of hydrogen-bond donors (Lipinski definition) is 0. The minimum Gasteiger partial charge on any atom is -0.473 e. The van der Waals surface area contributed by atoms with Crippen LogP contribution >= 0.6 is 0 Å². The van der Waals surface area contributed by atoms with Gasteiger partial charge in [0.1, 0.15) is 6.10 Å². The van der Waals surface area contributed by atoms with Gasteiger partial charge in [-0.15, -0.1) is 0 Å². The molecule has 2 fully saturated rings. The maximum atomic E-state index is 6.12. The summed E-state index contributed by atoms with van der Waals surface area (Å²) in [6.07, 6.45) is 2.21. The molecule has 132 valence electrons. The van der Waals surface area contributed by atoms with Gasteiger partial charge in [0.2, 0.25) is 5.88 Å².